The third-order valence-electron chi connectivity index (χ3n) is 4.05. The molecule has 1 N–H and O–H groups in total. The quantitative estimate of drug-likeness (QED) is 0.344. The molecule has 2 aromatic rings. The Bertz CT molecular complexity index is 945. The number of allylic oxidation sites excluding steroid dienone is 1. The van der Waals surface area contributed by atoms with Gasteiger partial charge in [0.15, 0.2) is 5.76 Å². The number of nitrogens with zero attached hydrogens (tertiary/aromatic N) is 4. The highest BCUT2D eigenvalue weighted by atomic mass is 16.5. The number of aromatic nitrogens is 2. The molecule has 9 heteroatoms. The molecule has 0 aromatic carbocycles. The number of H-pyrrole nitrogens is 1. The number of carbonyl (C=O) groups excluding carboxylic acids is 2. The predicted molar refractivity (Wildman–Crippen MR) is 104 cm³/mol. The van der Waals surface area contributed by atoms with Crippen LogP contribution in [0.15, 0.2) is 35.4 Å². The van der Waals surface area contributed by atoms with Gasteiger partial charge in [0.1, 0.15) is 12.3 Å². The number of likely N-dealkylation sites (N-methyl/N-ethyl adjacent to an activating group) is 1. The summed E-state index contributed by atoms with van der Waals surface area (Å²) in [6.07, 6.45) is 4.99. The second-order valence-corrected chi connectivity index (χ2v) is 6.81. The van der Waals surface area contributed by atoms with Gasteiger partial charge in [0.2, 0.25) is 17.6 Å². The zero-order valence-corrected chi connectivity index (χ0v) is 16.3. The number of Topliss-reactive ketones (excluding diaryl/α,β-unsaturated/α-hetero) is 1. The van der Waals surface area contributed by atoms with Gasteiger partial charge in [0, 0.05) is 44.0 Å². The summed E-state index contributed by atoms with van der Waals surface area (Å²) in [5.41, 5.74) is 1.43. The second kappa shape index (κ2) is 8.22. The number of aromatic amines is 1. The van der Waals surface area contributed by atoms with E-state index in [4.69, 9.17) is 9.47 Å². The van der Waals surface area contributed by atoms with E-state index >= 15 is 0 Å². The van der Waals surface area contributed by atoms with Crippen molar-refractivity contribution in [2.24, 2.45) is 11.0 Å². The number of hydrogen-bond donors (Lipinski definition) is 1. The van der Waals surface area contributed by atoms with Crippen molar-refractivity contribution in [2.75, 3.05) is 41.3 Å². The molecule has 9 nitrogen and oxygen atoms in total. The molecule has 1 fully saturated rings. The number of pyridine rings is 1. The van der Waals surface area contributed by atoms with Crippen LogP contribution in [0.5, 0.6) is 0 Å². The van der Waals surface area contributed by atoms with Crippen LogP contribution in [-0.4, -0.2) is 78.9 Å². The van der Waals surface area contributed by atoms with E-state index in [1.54, 1.807) is 38.6 Å². The molecule has 0 saturated carbocycles. The molecule has 0 bridgehead atoms. The Morgan fingerprint density at radius 3 is 2.89 bits per heavy atom. The van der Waals surface area contributed by atoms with Crippen molar-refractivity contribution in [3.8, 4) is 0 Å². The van der Waals surface area contributed by atoms with Gasteiger partial charge in [-0.15, -0.1) is 5.10 Å². The van der Waals surface area contributed by atoms with Crippen LogP contribution in [0, 0.1) is 5.92 Å². The van der Waals surface area contributed by atoms with E-state index in [2.05, 4.69) is 15.1 Å². The molecule has 1 unspecified atom stereocenters. The Balaban J connectivity index is 1.88. The average Bonchev–Trinajstić information content (AvgIpc) is 3.16. The molecule has 1 aliphatic rings. The van der Waals surface area contributed by atoms with Gasteiger partial charge >= 0.3 is 5.97 Å². The van der Waals surface area contributed by atoms with Gasteiger partial charge < -0.3 is 19.4 Å². The summed E-state index contributed by atoms with van der Waals surface area (Å²) in [5, 5.41) is 6.46. The van der Waals surface area contributed by atoms with Crippen LogP contribution < -0.4 is 0 Å². The highest BCUT2D eigenvalue weighted by molar-refractivity contribution is 6.27. The van der Waals surface area contributed by atoms with Crippen LogP contribution in [0.2, 0.25) is 0 Å². The van der Waals surface area contributed by atoms with Crippen molar-refractivity contribution in [2.45, 2.75) is 0 Å². The number of ketones is 1. The van der Waals surface area contributed by atoms with Crippen molar-refractivity contribution in [1.29, 1.82) is 0 Å². The van der Waals surface area contributed by atoms with Crippen LogP contribution in [0.1, 0.15) is 5.56 Å². The zero-order valence-electron chi connectivity index (χ0n) is 16.3. The third kappa shape index (κ3) is 4.20. The van der Waals surface area contributed by atoms with E-state index in [-0.39, 0.29) is 18.3 Å². The lowest BCUT2D eigenvalue weighted by Gasteiger charge is -2.12. The van der Waals surface area contributed by atoms with Crippen LogP contribution in [0.4, 0.5) is 0 Å². The van der Waals surface area contributed by atoms with E-state index in [9.17, 15) is 9.59 Å². The Hall–Kier alpha value is -3.20. The van der Waals surface area contributed by atoms with E-state index < -0.39 is 17.7 Å². The summed E-state index contributed by atoms with van der Waals surface area (Å²) in [6, 6.07) is 3.69. The highest BCUT2D eigenvalue weighted by Gasteiger charge is 2.45. The Morgan fingerprint density at radius 2 is 2.18 bits per heavy atom. The fourth-order valence-electron chi connectivity index (χ4n) is 2.71. The van der Waals surface area contributed by atoms with Crippen LogP contribution in [0.25, 0.3) is 17.1 Å². The molecule has 3 rings (SSSR count). The van der Waals surface area contributed by atoms with E-state index in [1.165, 1.54) is 5.01 Å². The number of rotatable bonds is 6. The summed E-state index contributed by atoms with van der Waals surface area (Å²) in [7, 11) is 7.10. The molecule has 1 saturated heterocycles. The lowest BCUT2D eigenvalue weighted by Crippen LogP contribution is -2.31. The minimum absolute atomic E-state index is 0.00840. The summed E-state index contributed by atoms with van der Waals surface area (Å²) in [5.74, 6) is -2.31. The van der Waals surface area contributed by atoms with Crippen LogP contribution in [-0.2, 0) is 19.1 Å². The molecule has 0 spiro atoms. The molecular formula is C19H23N5O4. The van der Waals surface area contributed by atoms with Crippen LogP contribution >= 0.6 is 0 Å². The number of hydrazone groups is 1. The molecule has 2 aromatic heterocycles. The first-order chi connectivity index (χ1) is 13.4. The number of nitrogens with one attached hydrogen (secondary N) is 1. The molecule has 1 atom stereocenters. The Kier molecular flexibility index (Phi) is 5.74. The normalized spacial score (nSPS) is 19.6. The molecule has 0 amide bonds. The fourth-order valence-corrected chi connectivity index (χ4v) is 2.71. The topological polar surface area (TPSA) is 100 Å². The monoisotopic (exact) mass is 385 g/mol. The Labute approximate surface area is 162 Å². The minimum atomic E-state index is -1.21. The summed E-state index contributed by atoms with van der Waals surface area (Å²) >= 11 is 0. The van der Waals surface area contributed by atoms with Gasteiger partial charge in [-0.2, -0.15) is 0 Å². The van der Waals surface area contributed by atoms with Gasteiger partial charge in [-0.25, -0.2) is 4.98 Å². The van der Waals surface area contributed by atoms with Crippen LogP contribution in [0.3, 0.4) is 0 Å². The maximum absolute atomic E-state index is 12.9. The average molecular weight is 385 g/mol. The van der Waals surface area contributed by atoms with Crippen molar-refractivity contribution in [3.05, 3.63) is 35.8 Å². The number of fused-ring (bicyclic) bond motifs is 1. The predicted octanol–water partition coefficient (Wildman–Crippen LogP) is 1.10. The number of carbonyl (C=O) groups is 2. The first-order valence-electron chi connectivity index (χ1n) is 8.80. The minimum Gasteiger partial charge on any atom is -0.463 e. The van der Waals surface area contributed by atoms with Gasteiger partial charge in [-0.1, -0.05) is 0 Å². The van der Waals surface area contributed by atoms with Gasteiger partial charge in [-0.05, 0) is 32.3 Å². The first-order valence-corrected chi connectivity index (χ1v) is 8.80. The molecule has 3 heterocycles. The molecular weight excluding hydrogens is 362 g/mol. The zero-order chi connectivity index (χ0) is 20.3. The molecule has 1 aliphatic heterocycles. The van der Waals surface area contributed by atoms with Gasteiger partial charge in [-0.3, -0.25) is 14.6 Å². The molecule has 0 radical (unpaired) electrons. The van der Waals surface area contributed by atoms with E-state index in [0.29, 0.717) is 12.2 Å². The number of hydrogen-bond acceptors (Lipinski definition) is 8. The fraction of sp³-hybridized carbons (Fsp3) is 0.368. The lowest BCUT2D eigenvalue weighted by molar-refractivity contribution is -0.148. The largest absolute Gasteiger partial charge is 0.463 e. The number of esters is 1. The molecule has 148 valence electrons. The Morgan fingerprint density at radius 1 is 1.39 bits per heavy atom. The number of ether oxygens (including phenoxy) is 2. The van der Waals surface area contributed by atoms with Gasteiger partial charge in [0.05, 0.1) is 0 Å². The summed E-state index contributed by atoms with van der Waals surface area (Å²) in [6.45, 7) is 0.733. The summed E-state index contributed by atoms with van der Waals surface area (Å²) in [4.78, 5) is 34.5. The van der Waals surface area contributed by atoms with Crippen molar-refractivity contribution < 1.29 is 19.1 Å². The van der Waals surface area contributed by atoms with Crippen molar-refractivity contribution in [1.82, 2.24) is 19.9 Å². The molecule has 28 heavy (non-hydrogen) atoms. The smallest absolute Gasteiger partial charge is 0.326 e. The lowest BCUT2D eigenvalue weighted by atomic mass is 10.0. The van der Waals surface area contributed by atoms with E-state index in [1.807, 2.05) is 25.1 Å². The second-order valence-electron chi connectivity index (χ2n) is 6.81. The summed E-state index contributed by atoms with van der Waals surface area (Å²) < 4.78 is 10.9. The first kappa shape index (κ1) is 19.6. The standard InChI is InChI=1S/C19H23N5O4/c1-23(2)8-9-27-19(26)15-16(25)14(28-18(15)22-24(3)4)10-12-11-21-17-13(12)6-5-7-20-17/h5-7,10-11,15H,8-9H2,1-4H3,(H,20,21)/b14-10-,22-18+. The SMILES string of the molecule is CN(C)CCOC(=O)C1C(=O)/C(=C/c2c[nH]c3ncccc23)O/C1=N/N(C)C. The van der Waals surface area contributed by atoms with Crippen molar-refractivity contribution >= 4 is 34.8 Å². The van der Waals surface area contributed by atoms with Gasteiger partial charge in [0.25, 0.3) is 0 Å². The maximum atomic E-state index is 12.9. The maximum Gasteiger partial charge on any atom is 0.326 e. The van der Waals surface area contributed by atoms with E-state index in [0.717, 1.165) is 10.9 Å². The molecule has 0 aliphatic carbocycles. The highest BCUT2D eigenvalue weighted by Crippen LogP contribution is 2.27. The third-order valence-corrected chi connectivity index (χ3v) is 4.05. The van der Waals surface area contributed by atoms with Crippen molar-refractivity contribution in [3.63, 3.8) is 0 Å².